The highest BCUT2D eigenvalue weighted by Crippen LogP contribution is 2.23. The maximum absolute atomic E-state index is 11.6. The molecule has 21 heavy (non-hydrogen) atoms. The number of ether oxygens (including phenoxy) is 1. The highest BCUT2D eigenvalue weighted by atomic mass is 16.6. The summed E-state index contributed by atoms with van der Waals surface area (Å²) in [6, 6.07) is 6.49. The van der Waals surface area contributed by atoms with E-state index in [0.717, 1.165) is 12.0 Å². The normalized spacial score (nSPS) is 12.6. The number of benzene rings is 1. The fraction of sp³-hybridized carbons (Fsp3) is 0.533. The number of hydrogen-bond acceptors (Lipinski definition) is 4. The third kappa shape index (κ3) is 5.81. The van der Waals surface area contributed by atoms with Crippen LogP contribution in [-0.4, -0.2) is 23.2 Å². The van der Waals surface area contributed by atoms with Crippen LogP contribution < -0.4 is 5.32 Å². The molecule has 0 saturated heterocycles. The first-order valence-corrected chi connectivity index (χ1v) is 6.94. The van der Waals surface area contributed by atoms with Crippen molar-refractivity contribution in [2.75, 3.05) is 6.54 Å². The molecule has 1 aromatic carbocycles. The number of amides is 1. The minimum atomic E-state index is -0.544. The molecular weight excluding hydrogens is 272 g/mol. The van der Waals surface area contributed by atoms with Gasteiger partial charge < -0.3 is 10.1 Å². The largest absolute Gasteiger partial charge is 0.444 e. The van der Waals surface area contributed by atoms with Crippen LogP contribution in [0, 0.1) is 10.1 Å². The van der Waals surface area contributed by atoms with E-state index in [0.29, 0.717) is 6.54 Å². The van der Waals surface area contributed by atoms with E-state index in [9.17, 15) is 14.9 Å². The van der Waals surface area contributed by atoms with Gasteiger partial charge in [0, 0.05) is 24.6 Å². The quantitative estimate of drug-likeness (QED) is 0.664. The van der Waals surface area contributed by atoms with Gasteiger partial charge in [0.15, 0.2) is 0 Å². The Balaban J connectivity index is 2.69. The van der Waals surface area contributed by atoms with Gasteiger partial charge in [0.1, 0.15) is 5.60 Å². The second-order valence-electron chi connectivity index (χ2n) is 5.84. The summed E-state index contributed by atoms with van der Waals surface area (Å²) in [5.41, 5.74) is 0.350. The third-order valence-electron chi connectivity index (χ3n) is 2.94. The number of nitrogens with one attached hydrogen (secondary N) is 1. The molecule has 0 aliphatic rings. The zero-order valence-electron chi connectivity index (χ0n) is 12.9. The molecule has 0 spiro atoms. The van der Waals surface area contributed by atoms with Gasteiger partial charge in [0.25, 0.3) is 5.69 Å². The van der Waals surface area contributed by atoms with E-state index in [1.807, 2.05) is 13.0 Å². The maximum Gasteiger partial charge on any atom is 0.407 e. The lowest BCUT2D eigenvalue weighted by Gasteiger charge is -2.21. The van der Waals surface area contributed by atoms with Gasteiger partial charge in [0.05, 0.1) is 4.92 Å². The second-order valence-corrected chi connectivity index (χ2v) is 5.84. The van der Waals surface area contributed by atoms with Crippen LogP contribution in [0.4, 0.5) is 10.5 Å². The van der Waals surface area contributed by atoms with E-state index in [1.54, 1.807) is 32.9 Å². The lowest BCUT2D eigenvalue weighted by Crippen LogP contribution is -2.34. The SMILES string of the molecule is CCC(CNC(=O)OC(C)(C)C)c1cccc([N+](=O)[O-])c1. The molecule has 1 rings (SSSR count). The molecule has 6 nitrogen and oxygen atoms in total. The molecule has 6 heteroatoms. The zero-order valence-corrected chi connectivity index (χ0v) is 12.9. The fourth-order valence-corrected chi connectivity index (χ4v) is 1.91. The third-order valence-corrected chi connectivity index (χ3v) is 2.94. The zero-order chi connectivity index (χ0) is 16.0. The van der Waals surface area contributed by atoms with Crippen LogP contribution in [0.15, 0.2) is 24.3 Å². The van der Waals surface area contributed by atoms with Gasteiger partial charge >= 0.3 is 6.09 Å². The average Bonchev–Trinajstić information content (AvgIpc) is 2.37. The van der Waals surface area contributed by atoms with Crippen LogP contribution in [0.1, 0.15) is 45.6 Å². The van der Waals surface area contributed by atoms with Crippen LogP contribution in [0.2, 0.25) is 0 Å². The summed E-state index contributed by atoms with van der Waals surface area (Å²) < 4.78 is 5.17. The van der Waals surface area contributed by atoms with Gasteiger partial charge in [-0.25, -0.2) is 4.79 Å². The van der Waals surface area contributed by atoms with Crippen molar-refractivity contribution in [1.29, 1.82) is 0 Å². The minimum Gasteiger partial charge on any atom is -0.444 e. The predicted molar refractivity (Wildman–Crippen MR) is 80.4 cm³/mol. The van der Waals surface area contributed by atoms with E-state index in [4.69, 9.17) is 4.74 Å². The smallest absolute Gasteiger partial charge is 0.407 e. The van der Waals surface area contributed by atoms with Crippen LogP contribution in [0.5, 0.6) is 0 Å². The van der Waals surface area contributed by atoms with Crippen LogP contribution >= 0.6 is 0 Å². The van der Waals surface area contributed by atoms with Crippen LogP contribution in [0.3, 0.4) is 0 Å². The number of nitro benzene ring substituents is 1. The van der Waals surface area contributed by atoms with E-state index in [2.05, 4.69) is 5.32 Å². The molecule has 0 bridgehead atoms. The summed E-state index contributed by atoms with van der Waals surface area (Å²) in [5.74, 6) is 0.0115. The van der Waals surface area contributed by atoms with Crippen molar-refractivity contribution < 1.29 is 14.5 Å². The van der Waals surface area contributed by atoms with Gasteiger partial charge in [0.2, 0.25) is 0 Å². The van der Waals surface area contributed by atoms with Crippen molar-refractivity contribution in [3.63, 3.8) is 0 Å². The van der Waals surface area contributed by atoms with E-state index in [1.165, 1.54) is 6.07 Å². The molecular formula is C15H22N2O4. The Morgan fingerprint density at radius 1 is 1.43 bits per heavy atom. The summed E-state index contributed by atoms with van der Waals surface area (Å²) >= 11 is 0. The number of carbonyl (C=O) groups excluding carboxylic acids is 1. The molecule has 1 amide bonds. The summed E-state index contributed by atoms with van der Waals surface area (Å²) in [7, 11) is 0. The lowest BCUT2D eigenvalue weighted by molar-refractivity contribution is -0.384. The number of carbonyl (C=O) groups is 1. The molecule has 0 aromatic heterocycles. The molecule has 0 aliphatic heterocycles. The Kier molecular flexibility index (Phi) is 5.69. The Bertz CT molecular complexity index is 509. The van der Waals surface area contributed by atoms with Gasteiger partial charge in [-0.3, -0.25) is 10.1 Å². The Labute approximate surface area is 124 Å². The standard InChI is InChI=1S/C15H22N2O4/c1-5-11(10-16-14(18)21-15(2,3)4)12-7-6-8-13(9-12)17(19)20/h6-9,11H,5,10H2,1-4H3,(H,16,18). The average molecular weight is 294 g/mol. The van der Waals surface area contributed by atoms with Gasteiger partial charge in [-0.1, -0.05) is 19.1 Å². The lowest BCUT2D eigenvalue weighted by atomic mass is 9.96. The molecule has 0 radical (unpaired) electrons. The van der Waals surface area contributed by atoms with Crippen molar-refractivity contribution in [3.05, 3.63) is 39.9 Å². The molecule has 1 N–H and O–H groups in total. The highest BCUT2D eigenvalue weighted by molar-refractivity contribution is 5.67. The van der Waals surface area contributed by atoms with Crippen molar-refractivity contribution in [2.45, 2.75) is 45.6 Å². The van der Waals surface area contributed by atoms with E-state index in [-0.39, 0.29) is 11.6 Å². The fourth-order valence-electron chi connectivity index (χ4n) is 1.91. The first-order valence-electron chi connectivity index (χ1n) is 6.94. The number of rotatable bonds is 5. The number of alkyl carbamates (subject to hydrolysis) is 1. The van der Waals surface area contributed by atoms with Gasteiger partial charge in [-0.15, -0.1) is 0 Å². The number of nitrogens with zero attached hydrogens (tertiary/aromatic N) is 1. The predicted octanol–water partition coefficient (Wildman–Crippen LogP) is 3.61. The van der Waals surface area contributed by atoms with Crippen molar-refractivity contribution >= 4 is 11.8 Å². The van der Waals surface area contributed by atoms with E-state index >= 15 is 0 Å². The molecule has 1 atom stereocenters. The van der Waals surface area contributed by atoms with E-state index < -0.39 is 16.6 Å². The van der Waals surface area contributed by atoms with Crippen LogP contribution in [-0.2, 0) is 4.74 Å². The number of nitro groups is 1. The summed E-state index contributed by atoms with van der Waals surface area (Å²) in [6.07, 6.45) is 0.281. The molecule has 0 heterocycles. The summed E-state index contributed by atoms with van der Waals surface area (Å²) in [6.45, 7) is 7.74. The number of non-ortho nitro benzene ring substituents is 1. The Morgan fingerprint density at radius 3 is 2.62 bits per heavy atom. The van der Waals surface area contributed by atoms with Crippen LogP contribution in [0.25, 0.3) is 0 Å². The molecule has 0 fully saturated rings. The molecule has 1 aromatic rings. The first-order chi connectivity index (χ1) is 9.73. The maximum atomic E-state index is 11.6. The summed E-state index contributed by atoms with van der Waals surface area (Å²) in [5, 5.41) is 13.5. The minimum absolute atomic E-state index is 0.0115. The monoisotopic (exact) mass is 294 g/mol. The Hall–Kier alpha value is -2.11. The van der Waals surface area contributed by atoms with Gasteiger partial charge in [-0.05, 0) is 32.8 Å². The number of hydrogen-bond donors (Lipinski definition) is 1. The van der Waals surface area contributed by atoms with Crippen molar-refractivity contribution in [2.24, 2.45) is 0 Å². The molecule has 116 valence electrons. The molecule has 0 saturated carbocycles. The molecule has 1 unspecified atom stereocenters. The second kappa shape index (κ2) is 7.06. The van der Waals surface area contributed by atoms with Crippen molar-refractivity contribution in [1.82, 2.24) is 5.32 Å². The molecule has 0 aliphatic carbocycles. The van der Waals surface area contributed by atoms with Crippen molar-refractivity contribution in [3.8, 4) is 0 Å². The first kappa shape index (κ1) is 16.9. The Morgan fingerprint density at radius 2 is 2.10 bits per heavy atom. The van der Waals surface area contributed by atoms with Gasteiger partial charge in [-0.2, -0.15) is 0 Å². The topological polar surface area (TPSA) is 81.5 Å². The highest BCUT2D eigenvalue weighted by Gasteiger charge is 2.18. The summed E-state index contributed by atoms with van der Waals surface area (Å²) in [4.78, 5) is 22.0.